The van der Waals surface area contributed by atoms with Gasteiger partial charge in [-0.25, -0.2) is 0 Å². The minimum Gasteiger partial charge on any atom is -0.673 e. The predicted octanol–water partition coefficient (Wildman–Crippen LogP) is 2.68. The topological polar surface area (TPSA) is 23.8 Å². The normalized spacial score (nSPS) is 7.50. The Kier molecular flexibility index (Phi) is 23.6. The van der Waals surface area contributed by atoms with Gasteiger partial charge >= 0.3 is 0 Å². The molecule has 0 saturated heterocycles. The van der Waals surface area contributed by atoms with Crippen LogP contribution in [-0.4, -0.2) is 5.54 Å². The summed E-state index contributed by atoms with van der Waals surface area (Å²) < 4.78 is 0. The Labute approximate surface area is 78.5 Å². The monoisotopic (exact) mass is 192 g/mol. The standard InChI is InChI=1S/C4H10N.2ClH.Ti/c1-4(2,3)5;;;/h5H,1-3H3;2*1H;/q-1;;;. The molecule has 0 aromatic rings. The first-order valence-corrected chi connectivity index (χ1v) is 1.75. The van der Waals surface area contributed by atoms with E-state index in [1.54, 1.807) is 0 Å². The van der Waals surface area contributed by atoms with Crippen LogP contribution in [0.2, 0.25) is 0 Å². The molecule has 4 heteroatoms. The van der Waals surface area contributed by atoms with Crippen molar-refractivity contribution in [1.29, 1.82) is 0 Å². The maximum atomic E-state index is 6.94. The summed E-state index contributed by atoms with van der Waals surface area (Å²) in [5.41, 5.74) is 6.69. The van der Waals surface area contributed by atoms with Crippen LogP contribution in [0.1, 0.15) is 20.8 Å². The minimum atomic E-state index is -0.250. The van der Waals surface area contributed by atoms with Crippen LogP contribution in [0.15, 0.2) is 0 Å². The van der Waals surface area contributed by atoms with Crippen LogP contribution in [0.3, 0.4) is 0 Å². The Morgan fingerprint density at radius 1 is 1.00 bits per heavy atom. The smallest absolute Gasteiger partial charge is 0 e. The molecule has 0 aliphatic carbocycles. The molecular formula is C4H12Cl2NTi-. The van der Waals surface area contributed by atoms with Gasteiger partial charge < -0.3 is 5.73 Å². The van der Waals surface area contributed by atoms with E-state index < -0.39 is 0 Å². The van der Waals surface area contributed by atoms with E-state index in [4.69, 9.17) is 5.73 Å². The fraction of sp³-hybridized carbons (Fsp3) is 1.00. The second-order valence-corrected chi connectivity index (χ2v) is 2.25. The molecule has 0 saturated carbocycles. The van der Waals surface area contributed by atoms with Gasteiger partial charge in [-0.2, -0.15) is 0 Å². The summed E-state index contributed by atoms with van der Waals surface area (Å²) >= 11 is 0. The van der Waals surface area contributed by atoms with Gasteiger partial charge in [0.05, 0.1) is 0 Å². The third-order valence-corrected chi connectivity index (χ3v) is 0. The van der Waals surface area contributed by atoms with Crippen molar-refractivity contribution >= 4 is 24.8 Å². The quantitative estimate of drug-likeness (QED) is 0.528. The summed E-state index contributed by atoms with van der Waals surface area (Å²) in [6.07, 6.45) is 0. The van der Waals surface area contributed by atoms with E-state index in [-0.39, 0.29) is 52.1 Å². The maximum Gasteiger partial charge on any atom is 0 e. The molecule has 8 heavy (non-hydrogen) atoms. The van der Waals surface area contributed by atoms with Gasteiger partial charge in [-0.3, -0.25) is 0 Å². The van der Waals surface area contributed by atoms with Crippen LogP contribution in [0, 0.1) is 0 Å². The molecule has 0 radical (unpaired) electrons. The van der Waals surface area contributed by atoms with E-state index in [0.29, 0.717) is 0 Å². The summed E-state index contributed by atoms with van der Waals surface area (Å²) in [4.78, 5) is 0. The van der Waals surface area contributed by atoms with Crippen LogP contribution in [0.4, 0.5) is 0 Å². The molecule has 1 nitrogen and oxygen atoms in total. The molecule has 0 atom stereocenters. The Morgan fingerprint density at radius 3 is 1.00 bits per heavy atom. The van der Waals surface area contributed by atoms with Gasteiger partial charge in [0.25, 0.3) is 0 Å². The van der Waals surface area contributed by atoms with Gasteiger partial charge in [-0.1, -0.05) is 20.8 Å². The van der Waals surface area contributed by atoms with Gasteiger partial charge in [-0.05, 0) is 0 Å². The second kappa shape index (κ2) is 8.25. The number of rotatable bonds is 0. The average molecular weight is 193 g/mol. The summed E-state index contributed by atoms with van der Waals surface area (Å²) in [6.45, 7) is 5.56. The van der Waals surface area contributed by atoms with Gasteiger partial charge in [0.2, 0.25) is 0 Å². The molecule has 0 rings (SSSR count). The SMILES string of the molecule is CC(C)(C)[NH-].Cl.Cl.[Ti]. The predicted molar refractivity (Wildman–Crippen MR) is 38.6 cm³/mol. The molecule has 0 unspecified atom stereocenters. The number of halogens is 2. The number of hydrogen-bond acceptors (Lipinski definition) is 0. The van der Waals surface area contributed by atoms with Gasteiger partial charge in [0, 0.05) is 21.7 Å². The zero-order valence-electron chi connectivity index (χ0n) is 5.32. The molecule has 1 N–H and O–H groups in total. The molecular weight excluding hydrogens is 181 g/mol. The minimum absolute atomic E-state index is 0. The van der Waals surface area contributed by atoms with E-state index in [9.17, 15) is 0 Å². The van der Waals surface area contributed by atoms with Crippen molar-refractivity contribution in [3.63, 3.8) is 0 Å². The largest absolute Gasteiger partial charge is 0.673 e. The molecule has 0 heterocycles. The molecule has 0 fully saturated rings. The van der Waals surface area contributed by atoms with Crippen molar-refractivity contribution < 1.29 is 21.7 Å². The van der Waals surface area contributed by atoms with Gasteiger partial charge in [-0.15, -0.1) is 30.4 Å². The first-order valence-electron chi connectivity index (χ1n) is 1.75. The first-order chi connectivity index (χ1) is 2.00. The molecule has 0 aliphatic rings. The Hall–Kier alpha value is 1.25. The fourth-order valence-corrected chi connectivity index (χ4v) is 0. The van der Waals surface area contributed by atoms with E-state index in [1.807, 2.05) is 20.8 Å². The molecule has 0 aromatic heterocycles. The molecule has 0 bridgehead atoms. The molecule has 0 amide bonds. The van der Waals surface area contributed by atoms with E-state index in [2.05, 4.69) is 0 Å². The third-order valence-electron chi connectivity index (χ3n) is 0. The summed E-state index contributed by atoms with van der Waals surface area (Å²) in [5, 5.41) is 0. The van der Waals surface area contributed by atoms with E-state index >= 15 is 0 Å². The molecule has 0 spiro atoms. The number of hydrogen-bond donors (Lipinski definition) is 0. The summed E-state index contributed by atoms with van der Waals surface area (Å²) in [6, 6.07) is 0. The summed E-state index contributed by atoms with van der Waals surface area (Å²) in [5.74, 6) is 0. The van der Waals surface area contributed by atoms with Crippen molar-refractivity contribution in [3.05, 3.63) is 5.73 Å². The van der Waals surface area contributed by atoms with Crippen LogP contribution < -0.4 is 0 Å². The van der Waals surface area contributed by atoms with E-state index in [1.165, 1.54) is 0 Å². The van der Waals surface area contributed by atoms with Crippen molar-refractivity contribution in [2.45, 2.75) is 26.3 Å². The first kappa shape index (κ1) is 22.8. The second-order valence-electron chi connectivity index (χ2n) is 2.25. The fourth-order valence-electron chi connectivity index (χ4n) is 0. The van der Waals surface area contributed by atoms with Crippen molar-refractivity contribution in [2.24, 2.45) is 0 Å². The molecule has 52 valence electrons. The number of nitrogens with one attached hydrogen (secondary N) is 1. The average Bonchev–Trinajstić information content (AvgIpc) is 0.722. The van der Waals surface area contributed by atoms with E-state index in [0.717, 1.165) is 0 Å². The van der Waals surface area contributed by atoms with Crippen molar-refractivity contribution in [2.75, 3.05) is 0 Å². The summed E-state index contributed by atoms with van der Waals surface area (Å²) in [7, 11) is 0. The molecule has 0 aromatic carbocycles. The van der Waals surface area contributed by atoms with Gasteiger partial charge in [0.1, 0.15) is 0 Å². The van der Waals surface area contributed by atoms with Crippen LogP contribution >= 0.6 is 24.8 Å². The third kappa shape index (κ3) is 180. The van der Waals surface area contributed by atoms with Crippen LogP contribution in [-0.2, 0) is 21.7 Å². The molecule has 0 aliphatic heterocycles. The zero-order valence-corrected chi connectivity index (χ0v) is 8.51. The van der Waals surface area contributed by atoms with Crippen molar-refractivity contribution in [1.82, 2.24) is 0 Å². The Morgan fingerprint density at radius 2 is 1.00 bits per heavy atom. The zero-order chi connectivity index (χ0) is 4.50. The Bertz CT molecular complexity index is 29.5. The van der Waals surface area contributed by atoms with Crippen LogP contribution in [0.5, 0.6) is 0 Å². The van der Waals surface area contributed by atoms with Crippen LogP contribution in [0.25, 0.3) is 5.73 Å². The van der Waals surface area contributed by atoms with Crippen molar-refractivity contribution in [3.8, 4) is 0 Å². The van der Waals surface area contributed by atoms with Gasteiger partial charge in [0.15, 0.2) is 0 Å². The Balaban J connectivity index is -0.0000000267. The maximum absolute atomic E-state index is 6.94.